The van der Waals surface area contributed by atoms with Crippen LogP contribution in [0.5, 0.6) is 0 Å². The van der Waals surface area contributed by atoms with Gasteiger partial charge in [0.2, 0.25) is 0 Å². The van der Waals surface area contributed by atoms with E-state index in [0.29, 0.717) is 0 Å². The Kier molecular flexibility index (Phi) is 4.10. The molecule has 0 bridgehead atoms. The maximum Gasteiger partial charge on any atom is 0.143 e. The Morgan fingerprint density at radius 2 is 1.21 bits per heavy atom. The SMILES string of the molecule is Cc1c2ccccc2c(Cc2cccc3oc4c5ccccc5cc(C)c4c23)c2ccccc12. The lowest BCUT2D eigenvalue weighted by Crippen LogP contribution is -1.95. The minimum absolute atomic E-state index is 0.861. The maximum atomic E-state index is 6.52. The Balaban J connectivity index is 1.57. The fourth-order valence-corrected chi connectivity index (χ4v) is 5.89. The van der Waals surface area contributed by atoms with E-state index in [9.17, 15) is 0 Å². The molecule has 0 saturated heterocycles. The molecule has 6 aromatic carbocycles. The van der Waals surface area contributed by atoms with Gasteiger partial charge in [0.25, 0.3) is 0 Å². The second-order valence-electron chi connectivity index (χ2n) is 9.38. The zero-order valence-corrected chi connectivity index (χ0v) is 19.4. The van der Waals surface area contributed by atoms with Gasteiger partial charge in [-0.25, -0.2) is 0 Å². The molecule has 34 heavy (non-hydrogen) atoms. The lowest BCUT2D eigenvalue weighted by Gasteiger charge is -2.15. The topological polar surface area (TPSA) is 13.1 Å². The molecule has 0 aliphatic rings. The summed E-state index contributed by atoms with van der Waals surface area (Å²) in [7, 11) is 0. The van der Waals surface area contributed by atoms with Crippen LogP contribution in [0.15, 0.2) is 101 Å². The van der Waals surface area contributed by atoms with Crippen LogP contribution in [-0.4, -0.2) is 0 Å². The Hall–Kier alpha value is -4.10. The molecule has 0 fully saturated rings. The first kappa shape index (κ1) is 19.4. The van der Waals surface area contributed by atoms with Gasteiger partial charge in [0.1, 0.15) is 11.2 Å². The minimum Gasteiger partial charge on any atom is -0.455 e. The summed E-state index contributed by atoms with van der Waals surface area (Å²) in [4.78, 5) is 0. The van der Waals surface area contributed by atoms with Crippen molar-refractivity contribution in [3.05, 3.63) is 119 Å². The highest BCUT2D eigenvalue weighted by Crippen LogP contribution is 2.40. The van der Waals surface area contributed by atoms with Crippen molar-refractivity contribution in [1.29, 1.82) is 0 Å². The van der Waals surface area contributed by atoms with Crippen LogP contribution in [0.2, 0.25) is 0 Å². The van der Waals surface area contributed by atoms with Crippen molar-refractivity contribution in [2.45, 2.75) is 20.3 Å². The highest BCUT2D eigenvalue weighted by molar-refractivity contribution is 6.17. The summed E-state index contributed by atoms with van der Waals surface area (Å²) < 4.78 is 6.52. The summed E-state index contributed by atoms with van der Waals surface area (Å²) in [5.74, 6) is 0. The molecule has 1 heteroatoms. The molecule has 0 unspecified atom stereocenters. The highest BCUT2D eigenvalue weighted by atomic mass is 16.3. The third kappa shape index (κ3) is 2.67. The van der Waals surface area contributed by atoms with E-state index in [-0.39, 0.29) is 0 Å². The number of benzene rings is 6. The largest absolute Gasteiger partial charge is 0.455 e. The van der Waals surface area contributed by atoms with Gasteiger partial charge < -0.3 is 4.42 Å². The van der Waals surface area contributed by atoms with Crippen molar-refractivity contribution in [3.63, 3.8) is 0 Å². The van der Waals surface area contributed by atoms with Crippen molar-refractivity contribution in [2.24, 2.45) is 0 Å². The molecule has 1 aromatic heterocycles. The molecule has 0 atom stereocenters. The van der Waals surface area contributed by atoms with Crippen LogP contribution in [0.25, 0.3) is 54.3 Å². The fourth-order valence-electron chi connectivity index (χ4n) is 5.89. The summed E-state index contributed by atoms with van der Waals surface area (Å²) >= 11 is 0. The number of hydrogen-bond acceptors (Lipinski definition) is 1. The van der Waals surface area contributed by atoms with E-state index in [4.69, 9.17) is 4.42 Å². The third-order valence-corrected chi connectivity index (χ3v) is 7.45. The Labute approximate surface area is 198 Å². The second-order valence-corrected chi connectivity index (χ2v) is 9.38. The van der Waals surface area contributed by atoms with E-state index in [1.165, 1.54) is 65.3 Å². The van der Waals surface area contributed by atoms with Gasteiger partial charge in [0.15, 0.2) is 0 Å². The molecule has 7 aromatic rings. The highest BCUT2D eigenvalue weighted by Gasteiger charge is 2.18. The smallest absolute Gasteiger partial charge is 0.143 e. The molecule has 0 spiro atoms. The van der Waals surface area contributed by atoms with Crippen molar-refractivity contribution < 1.29 is 4.42 Å². The Morgan fingerprint density at radius 3 is 1.91 bits per heavy atom. The van der Waals surface area contributed by atoms with Crippen molar-refractivity contribution in [1.82, 2.24) is 0 Å². The lowest BCUT2D eigenvalue weighted by molar-refractivity contribution is 0.672. The monoisotopic (exact) mass is 436 g/mol. The second kappa shape index (κ2) is 7.20. The van der Waals surface area contributed by atoms with E-state index in [1.54, 1.807) is 0 Å². The third-order valence-electron chi connectivity index (χ3n) is 7.45. The van der Waals surface area contributed by atoms with Gasteiger partial charge in [-0.3, -0.25) is 0 Å². The molecule has 162 valence electrons. The Morgan fingerprint density at radius 1 is 0.588 bits per heavy atom. The maximum absolute atomic E-state index is 6.52. The fraction of sp³-hybridized carbons (Fsp3) is 0.0909. The van der Waals surface area contributed by atoms with E-state index >= 15 is 0 Å². The normalized spacial score (nSPS) is 11.9. The van der Waals surface area contributed by atoms with Gasteiger partial charge in [-0.2, -0.15) is 0 Å². The standard InChI is InChI=1S/C33H24O/c1-20-18-22-10-3-4-14-26(22)33-31(20)32-23(11-9-17-30(32)34-33)19-29-27-15-7-5-12-24(27)21(2)25-13-6-8-16-28(25)29/h3-18H,19H2,1-2H3. The van der Waals surface area contributed by atoms with Gasteiger partial charge in [-0.15, -0.1) is 0 Å². The predicted molar refractivity (Wildman–Crippen MR) is 145 cm³/mol. The average Bonchev–Trinajstić information content (AvgIpc) is 3.28. The first-order valence-electron chi connectivity index (χ1n) is 11.9. The van der Waals surface area contributed by atoms with Crippen LogP contribution >= 0.6 is 0 Å². The molecule has 7 rings (SSSR count). The first-order valence-corrected chi connectivity index (χ1v) is 11.9. The van der Waals surface area contributed by atoms with Crippen LogP contribution < -0.4 is 0 Å². The van der Waals surface area contributed by atoms with Gasteiger partial charge in [-0.05, 0) is 75.5 Å². The van der Waals surface area contributed by atoms with E-state index in [1.807, 2.05) is 0 Å². The molecule has 0 aliphatic heterocycles. The van der Waals surface area contributed by atoms with Crippen molar-refractivity contribution >= 4 is 54.3 Å². The van der Waals surface area contributed by atoms with Crippen LogP contribution in [-0.2, 0) is 6.42 Å². The van der Waals surface area contributed by atoms with Crippen LogP contribution in [0, 0.1) is 13.8 Å². The average molecular weight is 437 g/mol. The zero-order valence-electron chi connectivity index (χ0n) is 19.4. The van der Waals surface area contributed by atoms with Gasteiger partial charge in [0, 0.05) is 16.2 Å². The van der Waals surface area contributed by atoms with Crippen LogP contribution in [0.4, 0.5) is 0 Å². The van der Waals surface area contributed by atoms with Gasteiger partial charge in [0.05, 0.1) is 0 Å². The number of fused-ring (bicyclic) bond motifs is 7. The molecule has 1 heterocycles. The molecular formula is C33H24O. The minimum atomic E-state index is 0.861. The first-order chi connectivity index (χ1) is 16.7. The number of rotatable bonds is 2. The van der Waals surface area contributed by atoms with E-state index < -0.39 is 0 Å². The van der Waals surface area contributed by atoms with Gasteiger partial charge in [-0.1, -0.05) is 91.0 Å². The predicted octanol–water partition coefficient (Wildman–Crippen LogP) is 9.25. The molecule has 0 N–H and O–H groups in total. The van der Waals surface area contributed by atoms with E-state index in [0.717, 1.165) is 17.6 Å². The number of aryl methyl sites for hydroxylation is 2. The molecule has 0 radical (unpaired) electrons. The van der Waals surface area contributed by atoms with Crippen molar-refractivity contribution in [3.8, 4) is 0 Å². The zero-order chi connectivity index (χ0) is 22.8. The van der Waals surface area contributed by atoms with E-state index in [2.05, 4.69) is 111 Å². The molecular weight excluding hydrogens is 412 g/mol. The number of furan rings is 1. The molecule has 0 aliphatic carbocycles. The molecule has 0 amide bonds. The lowest BCUT2D eigenvalue weighted by atomic mass is 9.88. The summed E-state index contributed by atoms with van der Waals surface area (Å²) in [6, 6.07) is 35.0. The summed E-state index contributed by atoms with van der Waals surface area (Å²) in [6.45, 7) is 4.45. The number of hydrogen-bond donors (Lipinski definition) is 0. The summed E-state index contributed by atoms with van der Waals surface area (Å²) in [6.07, 6.45) is 0.861. The van der Waals surface area contributed by atoms with Crippen molar-refractivity contribution in [2.75, 3.05) is 0 Å². The molecule has 1 nitrogen and oxygen atoms in total. The van der Waals surface area contributed by atoms with Crippen LogP contribution in [0.3, 0.4) is 0 Å². The summed E-state index contributed by atoms with van der Waals surface area (Å²) in [5.41, 5.74) is 7.28. The quantitative estimate of drug-likeness (QED) is 0.246. The van der Waals surface area contributed by atoms with Gasteiger partial charge >= 0.3 is 0 Å². The summed E-state index contributed by atoms with van der Waals surface area (Å²) in [5, 5.41) is 10.2. The Bertz CT molecular complexity index is 1840. The molecule has 0 saturated carbocycles. The van der Waals surface area contributed by atoms with Crippen LogP contribution in [0.1, 0.15) is 22.3 Å².